The Labute approximate surface area is 193 Å². The van der Waals surface area contributed by atoms with Gasteiger partial charge < -0.3 is 25.2 Å². The maximum Gasteiger partial charge on any atom is 0.416 e. The predicted molar refractivity (Wildman–Crippen MR) is 119 cm³/mol. The van der Waals surface area contributed by atoms with Crippen molar-refractivity contribution in [2.75, 3.05) is 17.2 Å². The van der Waals surface area contributed by atoms with Crippen molar-refractivity contribution in [1.29, 1.82) is 0 Å². The van der Waals surface area contributed by atoms with Crippen LogP contribution in [0.25, 0.3) is 5.57 Å². The van der Waals surface area contributed by atoms with Gasteiger partial charge in [0.25, 0.3) is 5.91 Å². The highest BCUT2D eigenvalue weighted by atomic mass is 19.4. The number of halogens is 3. The van der Waals surface area contributed by atoms with E-state index in [2.05, 4.69) is 10.6 Å². The summed E-state index contributed by atoms with van der Waals surface area (Å²) in [6, 6.07) is 7.94. The molecule has 2 heterocycles. The fourth-order valence-corrected chi connectivity index (χ4v) is 3.94. The number of benzene rings is 2. The van der Waals surface area contributed by atoms with Crippen molar-refractivity contribution in [2.45, 2.75) is 44.6 Å². The van der Waals surface area contributed by atoms with Crippen LogP contribution in [0.4, 0.5) is 24.5 Å². The molecule has 0 aromatic heterocycles. The fraction of sp³-hybridized carbons (Fsp3) is 0.333. The van der Waals surface area contributed by atoms with Gasteiger partial charge in [-0.1, -0.05) is 6.07 Å². The van der Waals surface area contributed by atoms with E-state index in [1.165, 1.54) is 18.2 Å². The van der Waals surface area contributed by atoms with Gasteiger partial charge in [0.15, 0.2) is 6.10 Å². The van der Waals surface area contributed by atoms with Crippen molar-refractivity contribution in [1.82, 2.24) is 0 Å². The number of fused-ring (bicyclic) bond motifs is 2. The minimum Gasteiger partial charge on any atom is -0.487 e. The van der Waals surface area contributed by atoms with Gasteiger partial charge in [-0.25, -0.2) is 0 Å². The molecule has 1 unspecified atom stereocenters. The standard InChI is InChI=1S/C24H23F3N2O5/c1-23(2)12-13(16-5-3-14(24(25,26)27)10-20(16)34-23)9-21(31)28-15-4-6-18-17(11-15)29-22(32)19(33-18)7-8-30/h3-6,9-11,19,30H,7-8,12H2,1-2H3,(H,28,31)(H,29,32). The first-order valence-electron chi connectivity index (χ1n) is 10.6. The van der Waals surface area contributed by atoms with E-state index >= 15 is 0 Å². The lowest BCUT2D eigenvalue weighted by Crippen LogP contribution is -2.37. The second-order valence-corrected chi connectivity index (χ2v) is 8.73. The van der Waals surface area contributed by atoms with Crippen LogP contribution >= 0.6 is 0 Å². The number of carbonyl (C=O) groups is 2. The van der Waals surface area contributed by atoms with Crippen LogP contribution in [0.1, 0.15) is 37.8 Å². The minimum atomic E-state index is -4.51. The van der Waals surface area contributed by atoms with E-state index in [9.17, 15) is 22.8 Å². The number of ether oxygens (including phenoxy) is 2. The van der Waals surface area contributed by atoms with Crippen LogP contribution < -0.4 is 20.1 Å². The van der Waals surface area contributed by atoms with Crippen LogP contribution in [0.15, 0.2) is 42.5 Å². The molecule has 4 rings (SSSR count). The molecule has 10 heteroatoms. The number of amides is 2. The number of aliphatic hydroxyl groups excluding tert-OH is 1. The van der Waals surface area contributed by atoms with E-state index < -0.39 is 35.3 Å². The number of hydrogen-bond donors (Lipinski definition) is 3. The van der Waals surface area contributed by atoms with Gasteiger partial charge in [-0.3, -0.25) is 9.59 Å². The molecular weight excluding hydrogens is 453 g/mol. The second-order valence-electron chi connectivity index (χ2n) is 8.73. The lowest BCUT2D eigenvalue weighted by atomic mass is 9.88. The SMILES string of the molecule is CC1(C)CC(=CC(=O)Nc2ccc3c(c2)NC(=O)C(CCO)O3)c2ccc(C(F)(F)F)cc2O1. The molecule has 2 aliphatic heterocycles. The zero-order valence-electron chi connectivity index (χ0n) is 18.5. The van der Waals surface area contributed by atoms with Crippen molar-refractivity contribution in [3.63, 3.8) is 0 Å². The predicted octanol–water partition coefficient (Wildman–Crippen LogP) is 4.37. The van der Waals surface area contributed by atoms with E-state index in [0.29, 0.717) is 34.7 Å². The first kappa shape index (κ1) is 23.6. The average molecular weight is 476 g/mol. The first-order chi connectivity index (χ1) is 15.9. The molecule has 0 saturated carbocycles. The Hall–Kier alpha value is -3.53. The van der Waals surface area contributed by atoms with E-state index in [-0.39, 0.29) is 18.8 Å². The first-order valence-corrected chi connectivity index (χ1v) is 10.6. The second kappa shape index (κ2) is 8.68. The summed E-state index contributed by atoms with van der Waals surface area (Å²) in [4.78, 5) is 24.8. The van der Waals surface area contributed by atoms with Gasteiger partial charge in [0.1, 0.15) is 17.1 Å². The largest absolute Gasteiger partial charge is 0.487 e. The Morgan fingerprint density at radius 3 is 2.71 bits per heavy atom. The van der Waals surface area contributed by atoms with Crippen LogP contribution in [-0.2, 0) is 15.8 Å². The van der Waals surface area contributed by atoms with Crippen molar-refractivity contribution in [3.05, 3.63) is 53.6 Å². The summed E-state index contributed by atoms with van der Waals surface area (Å²) in [6.07, 6.45) is -3.49. The van der Waals surface area contributed by atoms with Crippen LogP contribution in [-0.4, -0.2) is 35.2 Å². The third-order valence-electron chi connectivity index (χ3n) is 5.42. The molecule has 0 radical (unpaired) electrons. The zero-order chi connectivity index (χ0) is 24.7. The third kappa shape index (κ3) is 5.01. The maximum atomic E-state index is 13.1. The van der Waals surface area contributed by atoms with E-state index in [1.54, 1.807) is 26.0 Å². The highest BCUT2D eigenvalue weighted by Crippen LogP contribution is 2.43. The monoisotopic (exact) mass is 476 g/mol. The van der Waals surface area contributed by atoms with Crippen LogP contribution in [0.5, 0.6) is 11.5 Å². The molecule has 2 amide bonds. The summed E-state index contributed by atoms with van der Waals surface area (Å²) < 4.78 is 50.7. The highest BCUT2D eigenvalue weighted by molar-refractivity contribution is 6.05. The Balaban J connectivity index is 1.56. The lowest BCUT2D eigenvalue weighted by Gasteiger charge is -2.34. The molecule has 2 aromatic carbocycles. The number of anilines is 2. The number of aliphatic hydroxyl groups is 1. The van der Waals surface area contributed by atoms with Crippen molar-refractivity contribution >= 4 is 28.8 Å². The topological polar surface area (TPSA) is 96.9 Å². The Bertz CT molecular complexity index is 1170. The van der Waals surface area contributed by atoms with Gasteiger partial charge in [0.05, 0.1) is 11.3 Å². The zero-order valence-corrected chi connectivity index (χ0v) is 18.5. The Morgan fingerprint density at radius 1 is 1.24 bits per heavy atom. The fourth-order valence-electron chi connectivity index (χ4n) is 3.94. The van der Waals surface area contributed by atoms with Gasteiger partial charge >= 0.3 is 6.18 Å². The molecule has 2 aliphatic rings. The van der Waals surface area contributed by atoms with Crippen LogP contribution in [0.3, 0.4) is 0 Å². The molecule has 0 spiro atoms. The van der Waals surface area contributed by atoms with Gasteiger partial charge in [0, 0.05) is 36.8 Å². The molecule has 3 N–H and O–H groups in total. The van der Waals surface area contributed by atoms with Gasteiger partial charge in [-0.15, -0.1) is 0 Å². The maximum absolute atomic E-state index is 13.1. The summed E-state index contributed by atoms with van der Waals surface area (Å²) >= 11 is 0. The molecule has 0 saturated heterocycles. The van der Waals surface area contributed by atoms with Crippen molar-refractivity contribution in [3.8, 4) is 11.5 Å². The number of rotatable bonds is 4. The van der Waals surface area contributed by atoms with Crippen molar-refractivity contribution in [2.24, 2.45) is 0 Å². The van der Waals surface area contributed by atoms with Crippen LogP contribution in [0.2, 0.25) is 0 Å². The average Bonchev–Trinajstić information content (AvgIpc) is 2.72. The van der Waals surface area contributed by atoms with E-state index in [0.717, 1.165) is 12.1 Å². The molecule has 0 fully saturated rings. The summed E-state index contributed by atoms with van der Waals surface area (Å²) in [6.45, 7) is 3.27. The van der Waals surface area contributed by atoms with Gasteiger partial charge in [0.2, 0.25) is 5.91 Å². The molecular formula is C24H23F3N2O5. The molecule has 1 atom stereocenters. The summed E-state index contributed by atoms with van der Waals surface area (Å²) in [5, 5.41) is 14.4. The molecule has 2 aromatic rings. The number of alkyl halides is 3. The summed E-state index contributed by atoms with van der Waals surface area (Å²) in [7, 11) is 0. The number of hydrogen-bond acceptors (Lipinski definition) is 5. The quantitative estimate of drug-likeness (QED) is 0.570. The normalized spacial score (nSPS) is 19.9. The minimum absolute atomic E-state index is 0.0659. The van der Waals surface area contributed by atoms with E-state index in [1.807, 2.05) is 0 Å². The lowest BCUT2D eigenvalue weighted by molar-refractivity contribution is -0.137. The van der Waals surface area contributed by atoms with E-state index in [4.69, 9.17) is 14.6 Å². The van der Waals surface area contributed by atoms with Crippen molar-refractivity contribution < 1.29 is 37.3 Å². The number of carbonyl (C=O) groups excluding carboxylic acids is 2. The summed E-state index contributed by atoms with van der Waals surface area (Å²) in [5.74, 6) is -0.405. The molecule has 0 bridgehead atoms. The third-order valence-corrected chi connectivity index (χ3v) is 5.42. The highest BCUT2D eigenvalue weighted by Gasteiger charge is 2.35. The smallest absolute Gasteiger partial charge is 0.416 e. The summed E-state index contributed by atoms with van der Waals surface area (Å²) in [5.41, 5.74) is 0.0997. The number of nitrogens with one attached hydrogen (secondary N) is 2. The Kier molecular flexibility index (Phi) is 6.03. The molecule has 0 aliphatic carbocycles. The van der Waals surface area contributed by atoms with Gasteiger partial charge in [-0.05, 0) is 49.8 Å². The molecule has 7 nitrogen and oxygen atoms in total. The van der Waals surface area contributed by atoms with Gasteiger partial charge in [-0.2, -0.15) is 13.2 Å². The Morgan fingerprint density at radius 2 is 2.00 bits per heavy atom. The molecule has 180 valence electrons. The molecule has 34 heavy (non-hydrogen) atoms. The van der Waals surface area contributed by atoms with Crippen LogP contribution in [0, 0.1) is 0 Å².